The summed E-state index contributed by atoms with van der Waals surface area (Å²) >= 11 is 0. The lowest BCUT2D eigenvalue weighted by Gasteiger charge is -2.19. The second-order valence-corrected chi connectivity index (χ2v) is 9.80. The van der Waals surface area contributed by atoms with Crippen LogP contribution in [0.4, 0.5) is 0 Å². The van der Waals surface area contributed by atoms with Gasteiger partial charge < -0.3 is 4.74 Å². The molecule has 1 atom stereocenters. The molecule has 0 amide bonds. The zero-order chi connectivity index (χ0) is 18.6. The molecule has 2 heteroatoms. The molecular formula is C24H35OP. The van der Waals surface area contributed by atoms with Crippen molar-refractivity contribution in [2.24, 2.45) is 0 Å². The van der Waals surface area contributed by atoms with Gasteiger partial charge in [0.2, 0.25) is 0 Å². The molecule has 0 bridgehead atoms. The van der Waals surface area contributed by atoms with Gasteiger partial charge in [-0.25, -0.2) is 0 Å². The fraction of sp³-hybridized carbons (Fsp3) is 0.500. The van der Waals surface area contributed by atoms with Gasteiger partial charge in [0.25, 0.3) is 0 Å². The van der Waals surface area contributed by atoms with Crippen molar-refractivity contribution in [3.8, 4) is 5.75 Å². The maximum absolute atomic E-state index is 6.20. The first-order valence-corrected chi connectivity index (χ1v) is 12.1. The second kappa shape index (κ2) is 12.1. The fourth-order valence-electron chi connectivity index (χ4n) is 3.35. The van der Waals surface area contributed by atoms with Crippen LogP contribution in [0.5, 0.6) is 5.75 Å². The molecule has 0 radical (unpaired) electrons. The van der Waals surface area contributed by atoms with Gasteiger partial charge in [-0.2, -0.15) is 0 Å². The first-order chi connectivity index (χ1) is 12.7. The van der Waals surface area contributed by atoms with Gasteiger partial charge in [0, 0.05) is 6.16 Å². The summed E-state index contributed by atoms with van der Waals surface area (Å²) in [5, 5.41) is 0. The lowest BCUT2D eigenvalue weighted by atomic mass is 10.1. The zero-order valence-corrected chi connectivity index (χ0v) is 17.7. The Bertz CT molecular complexity index is 603. The van der Waals surface area contributed by atoms with Gasteiger partial charge >= 0.3 is 0 Å². The predicted molar refractivity (Wildman–Crippen MR) is 117 cm³/mol. The van der Waals surface area contributed by atoms with E-state index in [9.17, 15) is 0 Å². The molecule has 0 saturated heterocycles. The molecule has 0 spiro atoms. The molecule has 1 unspecified atom stereocenters. The average Bonchev–Trinajstić information content (AvgIpc) is 2.64. The summed E-state index contributed by atoms with van der Waals surface area (Å²) < 4.78 is 6.20. The number of hydrogen-bond donors (Lipinski definition) is 0. The van der Waals surface area contributed by atoms with Gasteiger partial charge in [-0.3, -0.25) is 0 Å². The molecule has 0 aromatic heterocycles. The van der Waals surface area contributed by atoms with Crippen molar-refractivity contribution >= 4 is 7.92 Å². The Kier molecular flexibility index (Phi) is 9.78. The van der Waals surface area contributed by atoms with Gasteiger partial charge in [-0.1, -0.05) is 89.1 Å². The first-order valence-electron chi connectivity index (χ1n) is 10.2. The summed E-state index contributed by atoms with van der Waals surface area (Å²) in [6, 6.07) is 17.4. The van der Waals surface area contributed by atoms with E-state index in [1.54, 1.807) is 0 Å². The van der Waals surface area contributed by atoms with E-state index in [0.29, 0.717) is 0 Å². The summed E-state index contributed by atoms with van der Waals surface area (Å²) in [6.45, 7) is 7.41. The van der Waals surface area contributed by atoms with Crippen molar-refractivity contribution in [2.45, 2.75) is 59.0 Å². The van der Waals surface area contributed by atoms with E-state index in [1.807, 2.05) is 0 Å². The van der Waals surface area contributed by atoms with E-state index in [2.05, 4.69) is 69.3 Å². The van der Waals surface area contributed by atoms with Crippen LogP contribution < -0.4 is 4.74 Å². The number of para-hydroxylation sites is 1. The molecule has 2 rings (SSSR count). The molecule has 0 heterocycles. The Balaban J connectivity index is 1.86. The monoisotopic (exact) mass is 370 g/mol. The highest BCUT2D eigenvalue weighted by molar-refractivity contribution is 7.56. The van der Waals surface area contributed by atoms with Crippen molar-refractivity contribution in [3.05, 3.63) is 65.2 Å². The van der Waals surface area contributed by atoms with Crippen LogP contribution in [0.3, 0.4) is 0 Å². The van der Waals surface area contributed by atoms with E-state index in [0.717, 1.165) is 12.4 Å². The quantitative estimate of drug-likeness (QED) is 0.281. The minimum Gasteiger partial charge on any atom is -0.493 e. The lowest BCUT2D eigenvalue weighted by Crippen LogP contribution is -2.06. The largest absolute Gasteiger partial charge is 0.493 e. The molecule has 1 nitrogen and oxygen atoms in total. The molecule has 0 fully saturated rings. The van der Waals surface area contributed by atoms with Crippen molar-refractivity contribution in [2.75, 3.05) is 18.9 Å². The molecule has 0 N–H and O–H groups in total. The van der Waals surface area contributed by atoms with E-state index >= 15 is 0 Å². The SMILES string of the molecule is CCCCCCCP(CCOc1c(C)cccc1C)Cc1ccccc1. The summed E-state index contributed by atoms with van der Waals surface area (Å²) in [5.74, 6) is 1.09. The molecule has 0 aliphatic rings. The van der Waals surface area contributed by atoms with E-state index in [-0.39, 0.29) is 7.92 Å². The molecule has 26 heavy (non-hydrogen) atoms. The Morgan fingerprint density at radius 1 is 0.769 bits per heavy atom. The minimum atomic E-state index is 0.00165. The Hall–Kier alpha value is -1.33. The molecule has 2 aromatic carbocycles. The smallest absolute Gasteiger partial charge is 0.125 e. The van der Waals surface area contributed by atoms with Crippen molar-refractivity contribution in [1.82, 2.24) is 0 Å². The third kappa shape index (κ3) is 7.50. The van der Waals surface area contributed by atoms with Gasteiger partial charge in [0.15, 0.2) is 0 Å². The Morgan fingerprint density at radius 3 is 2.15 bits per heavy atom. The van der Waals surface area contributed by atoms with Crippen LogP contribution in [-0.4, -0.2) is 18.9 Å². The van der Waals surface area contributed by atoms with Crippen molar-refractivity contribution < 1.29 is 4.74 Å². The summed E-state index contributed by atoms with van der Waals surface area (Å²) in [7, 11) is 0.00165. The highest BCUT2D eigenvalue weighted by Crippen LogP contribution is 2.40. The highest BCUT2D eigenvalue weighted by atomic mass is 31.1. The van der Waals surface area contributed by atoms with Crippen LogP contribution in [0, 0.1) is 13.8 Å². The topological polar surface area (TPSA) is 9.23 Å². The van der Waals surface area contributed by atoms with Crippen molar-refractivity contribution in [3.63, 3.8) is 0 Å². The van der Waals surface area contributed by atoms with E-state index in [1.165, 1.54) is 67.3 Å². The van der Waals surface area contributed by atoms with Gasteiger partial charge in [-0.15, -0.1) is 0 Å². The van der Waals surface area contributed by atoms with Crippen LogP contribution in [0.15, 0.2) is 48.5 Å². The van der Waals surface area contributed by atoms with Crippen LogP contribution in [0.1, 0.15) is 55.7 Å². The third-order valence-corrected chi connectivity index (χ3v) is 7.47. The maximum Gasteiger partial charge on any atom is 0.125 e. The molecule has 0 aliphatic carbocycles. The van der Waals surface area contributed by atoms with Crippen LogP contribution in [0.25, 0.3) is 0 Å². The third-order valence-electron chi connectivity index (χ3n) is 4.89. The number of unbranched alkanes of at least 4 members (excludes halogenated alkanes) is 4. The van der Waals surface area contributed by atoms with Crippen LogP contribution >= 0.6 is 7.92 Å². The number of ether oxygens (including phenoxy) is 1. The summed E-state index contributed by atoms with van der Waals surface area (Å²) in [6.07, 6.45) is 10.7. The normalized spacial score (nSPS) is 12.1. The van der Waals surface area contributed by atoms with Gasteiger partial charge in [-0.05, 0) is 49.3 Å². The van der Waals surface area contributed by atoms with E-state index in [4.69, 9.17) is 4.74 Å². The molecule has 2 aromatic rings. The molecular weight excluding hydrogens is 335 g/mol. The highest BCUT2D eigenvalue weighted by Gasteiger charge is 2.11. The average molecular weight is 371 g/mol. The number of hydrogen-bond acceptors (Lipinski definition) is 1. The van der Waals surface area contributed by atoms with Crippen molar-refractivity contribution in [1.29, 1.82) is 0 Å². The lowest BCUT2D eigenvalue weighted by molar-refractivity contribution is 0.338. The minimum absolute atomic E-state index is 0.00165. The number of rotatable bonds is 12. The summed E-state index contributed by atoms with van der Waals surface area (Å²) in [4.78, 5) is 0. The predicted octanol–water partition coefficient (Wildman–Crippen LogP) is 7.33. The Morgan fingerprint density at radius 2 is 1.46 bits per heavy atom. The summed E-state index contributed by atoms with van der Waals surface area (Å²) in [5.41, 5.74) is 3.98. The van der Waals surface area contributed by atoms with Gasteiger partial charge in [0.05, 0.1) is 6.61 Å². The zero-order valence-electron chi connectivity index (χ0n) is 16.8. The standard InChI is InChI=1S/C24H35OP/c1-4-5-6-7-11-18-26(20-23-15-9-8-10-16-23)19-17-25-24-21(2)13-12-14-22(24)3/h8-10,12-16H,4-7,11,17-20H2,1-3H3. The van der Waals surface area contributed by atoms with Crippen LogP contribution in [0.2, 0.25) is 0 Å². The number of aryl methyl sites for hydroxylation is 2. The Labute approximate surface area is 161 Å². The molecule has 0 aliphatic heterocycles. The molecule has 0 saturated carbocycles. The van der Waals surface area contributed by atoms with E-state index < -0.39 is 0 Å². The second-order valence-electron chi connectivity index (χ2n) is 7.25. The van der Waals surface area contributed by atoms with Crippen LogP contribution in [-0.2, 0) is 6.16 Å². The first kappa shape index (κ1) is 21.0. The maximum atomic E-state index is 6.20. The fourth-order valence-corrected chi connectivity index (χ4v) is 5.64. The van der Waals surface area contributed by atoms with Gasteiger partial charge in [0.1, 0.15) is 5.75 Å². The molecule has 142 valence electrons. The number of benzene rings is 2.